The van der Waals surface area contributed by atoms with Crippen LogP contribution in [0.3, 0.4) is 0 Å². The standard InChI is InChI=1S/C47H33N5.C46H31N5/c1-30-18-22-32(23-19-30)45-48-46(33-24-20-31(2)21-25-33)50-47(49-45)34-10-9-11-35(28-34)51-43-17-8-5-14-39(43)40-29-36(26-27-44(40)51)52-41-15-6-3-12-37(41)38-13-4-7-16-42(38)52;1-30-22-24-32(25-23-30)45-47-44(31-12-3-2-4-13-31)48-46(49-45)33-14-11-15-34(28-33)50-42-21-10-7-18-38(42)39-29-35(26-27-43(39)50)51-40-19-8-5-16-36(40)37-17-6-9-20-41(37)51/h3-29H,1-2H3;2-29H,1H3/i;1D3. The first-order chi connectivity index (χ1) is 52.0. The van der Waals surface area contributed by atoms with Crippen LogP contribution in [0.15, 0.2) is 334 Å². The molecule has 0 unspecified atom stereocenters. The third-order valence-corrected chi connectivity index (χ3v) is 19.8. The van der Waals surface area contributed by atoms with Crippen molar-refractivity contribution in [2.24, 2.45) is 0 Å². The maximum absolute atomic E-state index is 7.81. The zero-order chi connectivity index (χ0) is 71.2. The number of benzene rings is 14. The van der Waals surface area contributed by atoms with E-state index in [1.54, 1.807) is 24.3 Å². The van der Waals surface area contributed by atoms with Crippen molar-refractivity contribution in [3.63, 3.8) is 0 Å². The monoisotopic (exact) mass is 1320 g/mol. The lowest BCUT2D eigenvalue weighted by molar-refractivity contribution is 1.07. The van der Waals surface area contributed by atoms with Crippen LogP contribution in [0, 0.1) is 20.7 Å². The van der Waals surface area contributed by atoms with Gasteiger partial charge >= 0.3 is 0 Å². The van der Waals surface area contributed by atoms with Crippen molar-refractivity contribution >= 4 is 87.2 Å². The molecule has 14 aromatic carbocycles. The Kier molecular flexibility index (Phi) is 13.9. The second-order valence-electron chi connectivity index (χ2n) is 26.2. The van der Waals surface area contributed by atoms with Crippen molar-refractivity contribution < 1.29 is 4.11 Å². The number of hydrogen-bond donors (Lipinski definition) is 0. The number of para-hydroxylation sites is 6. The average molecular weight is 1320 g/mol. The first-order valence-corrected chi connectivity index (χ1v) is 34.6. The molecule has 20 rings (SSSR count). The van der Waals surface area contributed by atoms with Gasteiger partial charge in [-0.1, -0.05) is 253 Å². The molecule has 20 aromatic rings. The highest BCUT2D eigenvalue weighted by Gasteiger charge is 2.22. The topological polar surface area (TPSA) is 97.1 Å². The van der Waals surface area contributed by atoms with Crippen molar-refractivity contribution in [1.29, 1.82) is 0 Å². The van der Waals surface area contributed by atoms with Crippen LogP contribution in [0.1, 0.15) is 20.8 Å². The van der Waals surface area contributed by atoms with Crippen molar-refractivity contribution in [2.45, 2.75) is 20.7 Å². The molecule has 0 N–H and O–H groups in total. The van der Waals surface area contributed by atoms with Gasteiger partial charge in [-0.3, -0.25) is 0 Å². The quantitative estimate of drug-likeness (QED) is 0.135. The van der Waals surface area contributed by atoms with Crippen LogP contribution in [0.25, 0.3) is 178 Å². The maximum atomic E-state index is 7.81. The molecule has 486 valence electrons. The van der Waals surface area contributed by atoms with E-state index in [9.17, 15) is 0 Å². The van der Waals surface area contributed by atoms with Gasteiger partial charge in [-0.05, 0) is 118 Å². The summed E-state index contributed by atoms with van der Waals surface area (Å²) < 4.78 is 32.8. The molecule has 10 nitrogen and oxygen atoms in total. The van der Waals surface area contributed by atoms with Crippen LogP contribution in [0.5, 0.6) is 0 Å². The number of rotatable bonds is 10. The van der Waals surface area contributed by atoms with Gasteiger partial charge in [0.15, 0.2) is 34.9 Å². The molecular weight excluding hydrogens is 1260 g/mol. The van der Waals surface area contributed by atoms with E-state index in [1.807, 2.05) is 42.5 Å². The number of hydrogen-bond acceptors (Lipinski definition) is 6. The molecule has 0 aliphatic carbocycles. The van der Waals surface area contributed by atoms with E-state index >= 15 is 0 Å². The summed E-state index contributed by atoms with van der Waals surface area (Å²) in [4.78, 5) is 29.8. The van der Waals surface area contributed by atoms with E-state index in [-0.39, 0.29) is 5.56 Å². The molecule has 0 fully saturated rings. The summed E-state index contributed by atoms with van der Waals surface area (Å²) in [7, 11) is 0. The average Bonchev–Trinajstić information content (AvgIpc) is 1.58. The molecule has 0 atom stereocenters. The molecule has 6 aromatic heterocycles. The van der Waals surface area contributed by atoms with E-state index in [2.05, 4.69) is 299 Å². The van der Waals surface area contributed by atoms with Crippen molar-refractivity contribution in [1.82, 2.24) is 48.2 Å². The van der Waals surface area contributed by atoms with Gasteiger partial charge in [-0.15, -0.1) is 0 Å². The van der Waals surface area contributed by atoms with Gasteiger partial charge in [-0.2, -0.15) is 0 Å². The Morgan fingerprint density at radius 1 is 0.194 bits per heavy atom. The summed E-state index contributed by atoms with van der Waals surface area (Å²) in [6.45, 7) is 1.98. The summed E-state index contributed by atoms with van der Waals surface area (Å²) in [5.41, 5.74) is 21.4. The fourth-order valence-corrected chi connectivity index (χ4v) is 14.9. The minimum atomic E-state index is -2.20. The van der Waals surface area contributed by atoms with Crippen molar-refractivity contribution in [3.05, 3.63) is 350 Å². The van der Waals surface area contributed by atoms with E-state index in [1.165, 1.54) is 65.5 Å². The number of aromatic nitrogens is 10. The van der Waals surface area contributed by atoms with Crippen LogP contribution in [-0.2, 0) is 0 Å². The molecule has 0 saturated carbocycles. The highest BCUT2D eigenvalue weighted by Crippen LogP contribution is 2.41. The van der Waals surface area contributed by atoms with Crippen LogP contribution >= 0.6 is 0 Å². The molecule has 0 radical (unpaired) electrons. The zero-order valence-corrected chi connectivity index (χ0v) is 56.2. The minimum absolute atomic E-state index is 0.268. The fraction of sp³-hybridized carbons (Fsp3) is 0.0323. The number of nitrogens with zero attached hydrogens (tertiary/aromatic N) is 10. The predicted octanol–water partition coefficient (Wildman–Crippen LogP) is 23.1. The molecule has 0 aliphatic heterocycles. The van der Waals surface area contributed by atoms with Crippen molar-refractivity contribution in [2.75, 3.05) is 0 Å². The van der Waals surface area contributed by atoms with E-state index < -0.39 is 6.85 Å². The molecule has 0 saturated heterocycles. The second-order valence-corrected chi connectivity index (χ2v) is 26.2. The molecule has 10 heteroatoms. The Hall–Kier alpha value is -13.7. The summed E-state index contributed by atoms with van der Waals surface area (Å²) in [6.07, 6.45) is 0. The molecule has 0 amide bonds. The van der Waals surface area contributed by atoms with Gasteiger partial charge < -0.3 is 18.3 Å². The Balaban J connectivity index is 0.000000145. The molecule has 0 spiro atoms. The van der Waals surface area contributed by atoms with Crippen LogP contribution < -0.4 is 0 Å². The van der Waals surface area contributed by atoms with Gasteiger partial charge in [0.2, 0.25) is 0 Å². The normalized spacial score (nSPS) is 12.2. The lowest BCUT2D eigenvalue weighted by Gasteiger charge is -2.12. The SMILES string of the molecule is Cc1ccc(-c2nc(-c3ccc(C)cc3)nc(-c3cccc(-n4c5ccccc5c5cc(-n6c7ccccc7c7ccccc76)ccc54)c3)n2)cc1.[2H]C([2H])([2H])c1ccc(-c2nc(-c3ccccc3)nc(-c3cccc(-n4c5ccccc5c5cc(-n6c7ccccc7c7ccccc76)ccc54)c3)n2)cc1. The van der Waals surface area contributed by atoms with Crippen LogP contribution in [0.4, 0.5) is 0 Å². The summed E-state index contributed by atoms with van der Waals surface area (Å²) in [6, 6.07) is 115. The third-order valence-electron chi connectivity index (χ3n) is 19.8. The van der Waals surface area contributed by atoms with Crippen LogP contribution in [-0.4, -0.2) is 48.2 Å². The summed E-state index contributed by atoms with van der Waals surface area (Å²) in [5, 5.41) is 9.70. The smallest absolute Gasteiger partial charge is 0.164 e. The van der Waals surface area contributed by atoms with Gasteiger partial charge in [0, 0.05) is 103 Å². The van der Waals surface area contributed by atoms with E-state index in [0.29, 0.717) is 40.5 Å². The van der Waals surface area contributed by atoms with E-state index in [4.69, 9.17) is 34.0 Å². The Morgan fingerprint density at radius 2 is 0.437 bits per heavy atom. The van der Waals surface area contributed by atoms with Gasteiger partial charge in [0.25, 0.3) is 0 Å². The highest BCUT2D eigenvalue weighted by atomic mass is 15.1. The maximum Gasteiger partial charge on any atom is 0.164 e. The Bertz CT molecular complexity index is 6660. The van der Waals surface area contributed by atoms with E-state index in [0.717, 1.165) is 83.4 Å². The number of fused-ring (bicyclic) bond motifs is 12. The van der Waals surface area contributed by atoms with Crippen LogP contribution in [0.2, 0.25) is 0 Å². The zero-order valence-electron chi connectivity index (χ0n) is 59.2. The summed E-state index contributed by atoms with van der Waals surface area (Å²) >= 11 is 0. The lowest BCUT2D eigenvalue weighted by Crippen LogP contribution is -2.01. The van der Waals surface area contributed by atoms with Crippen molar-refractivity contribution in [3.8, 4) is 91.1 Å². The first-order valence-electron chi connectivity index (χ1n) is 36.1. The molecule has 103 heavy (non-hydrogen) atoms. The molecular formula is C93H64N10. The first kappa shape index (κ1) is 57.2. The van der Waals surface area contributed by atoms with Gasteiger partial charge in [0.1, 0.15) is 0 Å². The molecule has 0 aliphatic rings. The highest BCUT2D eigenvalue weighted by molar-refractivity contribution is 6.14. The Morgan fingerprint density at radius 3 is 0.757 bits per heavy atom. The molecule has 0 bridgehead atoms. The lowest BCUT2D eigenvalue weighted by atomic mass is 10.1. The molecule has 6 heterocycles. The van der Waals surface area contributed by atoms with Gasteiger partial charge in [0.05, 0.1) is 44.1 Å². The Labute approximate surface area is 598 Å². The van der Waals surface area contributed by atoms with Gasteiger partial charge in [-0.25, -0.2) is 29.9 Å². The third kappa shape index (κ3) is 10.7. The predicted molar refractivity (Wildman–Crippen MR) is 424 cm³/mol. The number of aryl methyl sites for hydroxylation is 3. The second kappa shape index (κ2) is 24.9. The summed E-state index contributed by atoms with van der Waals surface area (Å²) in [5.74, 6) is 3.47. The largest absolute Gasteiger partial charge is 0.309 e. The minimum Gasteiger partial charge on any atom is -0.309 e. The fourth-order valence-electron chi connectivity index (χ4n) is 14.9.